The molecule has 0 radical (unpaired) electrons. The highest BCUT2D eigenvalue weighted by molar-refractivity contribution is 5.75. The van der Waals surface area contributed by atoms with Crippen LogP contribution in [-0.4, -0.2) is 76.1 Å². The Kier molecular flexibility index (Phi) is 7.98. The summed E-state index contributed by atoms with van der Waals surface area (Å²) in [6, 6.07) is 12.5. The van der Waals surface area contributed by atoms with Gasteiger partial charge < -0.3 is 24.0 Å². The lowest BCUT2D eigenvalue weighted by Crippen LogP contribution is -2.52. The quantitative estimate of drug-likeness (QED) is 0.293. The van der Waals surface area contributed by atoms with Crippen molar-refractivity contribution >= 4 is 11.9 Å². The van der Waals surface area contributed by atoms with Crippen LogP contribution < -0.4 is 9.64 Å². The summed E-state index contributed by atoms with van der Waals surface area (Å²) in [5, 5.41) is 17.7. The van der Waals surface area contributed by atoms with Gasteiger partial charge in [-0.15, -0.1) is 10.2 Å². The van der Waals surface area contributed by atoms with E-state index in [9.17, 15) is 4.79 Å². The van der Waals surface area contributed by atoms with E-state index >= 15 is 0 Å². The monoisotopic (exact) mass is 572 g/mol. The molecule has 10 nitrogen and oxygen atoms in total. The van der Waals surface area contributed by atoms with Crippen molar-refractivity contribution in [3.05, 3.63) is 48.3 Å². The van der Waals surface area contributed by atoms with E-state index in [2.05, 4.69) is 37.4 Å². The van der Waals surface area contributed by atoms with Gasteiger partial charge in [-0.05, 0) is 95.2 Å². The highest BCUT2D eigenvalue weighted by Crippen LogP contribution is 2.40. The normalized spacial score (nSPS) is 19.0. The zero-order chi connectivity index (χ0) is 29.3. The lowest BCUT2D eigenvalue weighted by molar-refractivity contribution is -0.00351. The molecule has 2 aliphatic carbocycles. The van der Waals surface area contributed by atoms with Crippen LogP contribution in [-0.2, 0) is 9.47 Å². The van der Waals surface area contributed by atoms with Gasteiger partial charge >= 0.3 is 6.09 Å². The van der Waals surface area contributed by atoms with Gasteiger partial charge in [0.1, 0.15) is 11.4 Å². The second-order valence-electron chi connectivity index (χ2n) is 12.5. The topological polar surface area (TPSA) is 103 Å². The molecule has 0 unspecified atom stereocenters. The molecule has 3 aromatic rings. The fourth-order valence-electron chi connectivity index (χ4n) is 5.67. The second kappa shape index (κ2) is 11.8. The number of carbonyl (C=O) groups excluding carboxylic acids is 1. The largest absolute Gasteiger partial charge is 0.467 e. The molecule has 0 N–H and O–H groups in total. The Morgan fingerprint density at radius 2 is 1.81 bits per heavy atom. The lowest BCUT2D eigenvalue weighted by Gasteiger charge is -2.41. The van der Waals surface area contributed by atoms with E-state index in [1.165, 1.54) is 12.8 Å². The third-order valence-corrected chi connectivity index (χ3v) is 8.20. The molecule has 6 rings (SSSR count). The molecular formula is C32H40N6O4. The summed E-state index contributed by atoms with van der Waals surface area (Å²) in [5.74, 6) is 1.99. The van der Waals surface area contributed by atoms with Gasteiger partial charge in [0.25, 0.3) is 0 Å². The molecule has 10 heteroatoms. The molecule has 0 bridgehead atoms. The zero-order valence-electron chi connectivity index (χ0n) is 25.0. The molecule has 3 heterocycles. The molecule has 2 aromatic heterocycles. The van der Waals surface area contributed by atoms with Gasteiger partial charge in [-0.3, -0.25) is 0 Å². The molecule has 3 aliphatic rings. The van der Waals surface area contributed by atoms with Crippen LogP contribution in [0, 0.1) is 0 Å². The molecule has 3 fully saturated rings. The standard InChI is InChI=1S/C32H40N6O4/c1-32(2,3)42-31(39)38(24-6-5-7-24)25-14-15-37(19-25)30-13-12-27(35-36-30)26-11-10-22(17-29(26)41-20-40-4)23-16-28(21-8-9-21)34-33-18-23/h10-13,16-18,21,24-25H,5-9,14-15,19-20H2,1-4H3/t25-/m1/s1. The molecule has 1 saturated heterocycles. The van der Waals surface area contributed by atoms with Crippen molar-refractivity contribution in [2.75, 3.05) is 31.9 Å². The van der Waals surface area contributed by atoms with Gasteiger partial charge in [0.2, 0.25) is 0 Å². The van der Waals surface area contributed by atoms with Crippen LogP contribution in [0.15, 0.2) is 42.6 Å². The smallest absolute Gasteiger partial charge is 0.410 e. The minimum absolute atomic E-state index is 0.0938. The third-order valence-electron chi connectivity index (χ3n) is 8.20. The van der Waals surface area contributed by atoms with Gasteiger partial charge in [-0.25, -0.2) is 4.79 Å². The van der Waals surface area contributed by atoms with Crippen LogP contribution in [0.25, 0.3) is 22.4 Å². The fraction of sp³-hybridized carbons (Fsp3) is 0.531. The van der Waals surface area contributed by atoms with Crippen molar-refractivity contribution < 1.29 is 19.0 Å². The first-order valence-electron chi connectivity index (χ1n) is 15.0. The van der Waals surface area contributed by atoms with E-state index in [1.807, 2.05) is 49.9 Å². The predicted octanol–water partition coefficient (Wildman–Crippen LogP) is 5.83. The number of methoxy groups -OCH3 is 1. The lowest BCUT2D eigenvalue weighted by atomic mass is 9.90. The maximum absolute atomic E-state index is 13.1. The van der Waals surface area contributed by atoms with Crippen LogP contribution in [0.4, 0.5) is 10.6 Å². The first-order chi connectivity index (χ1) is 20.3. The van der Waals surface area contributed by atoms with Crippen molar-refractivity contribution in [1.82, 2.24) is 25.3 Å². The number of amides is 1. The van der Waals surface area contributed by atoms with Gasteiger partial charge in [0.15, 0.2) is 12.6 Å². The highest BCUT2D eigenvalue weighted by Gasteiger charge is 2.40. The third kappa shape index (κ3) is 6.33. The average molecular weight is 573 g/mol. The summed E-state index contributed by atoms with van der Waals surface area (Å²) in [7, 11) is 1.60. The Hall–Kier alpha value is -3.79. The van der Waals surface area contributed by atoms with Crippen molar-refractivity contribution in [3.63, 3.8) is 0 Å². The summed E-state index contributed by atoms with van der Waals surface area (Å²) in [5.41, 5.74) is 4.08. The first kappa shape index (κ1) is 28.3. The van der Waals surface area contributed by atoms with Crippen LogP contribution in [0.3, 0.4) is 0 Å². The van der Waals surface area contributed by atoms with Gasteiger partial charge in [0, 0.05) is 43.3 Å². The molecule has 1 aromatic carbocycles. The Morgan fingerprint density at radius 3 is 2.48 bits per heavy atom. The van der Waals surface area contributed by atoms with Crippen LogP contribution in [0.2, 0.25) is 0 Å². The fourth-order valence-corrected chi connectivity index (χ4v) is 5.67. The van der Waals surface area contributed by atoms with Crippen LogP contribution >= 0.6 is 0 Å². The average Bonchev–Trinajstić information content (AvgIpc) is 3.70. The molecule has 0 spiro atoms. The maximum Gasteiger partial charge on any atom is 0.410 e. The number of aromatic nitrogens is 4. The van der Waals surface area contributed by atoms with E-state index in [0.717, 1.165) is 60.4 Å². The first-order valence-corrected chi connectivity index (χ1v) is 15.0. The maximum atomic E-state index is 13.1. The molecule has 1 atom stereocenters. The van der Waals surface area contributed by atoms with Crippen molar-refractivity contribution in [1.29, 1.82) is 0 Å². The van der Waals surface area contributed by atoms with E-state index in [4.69, 9.17) is 14.2 Å². The summed E-state index contributed by atoms with van der Waals surface area (Å²) >= 11 is 0. The Bertz CT molecular complexity index is 1400. The van der Waals surface area contributed by atoms with Crippen molar-refractivity contribution in [3.8, 4) is 28.1 Å². The summed E-state index contributed by atoms with van der Waals surface area (Å²) in [4.78, 5) is 17.3. The molecule has 2 saturated carbocycles. The van der Waals surface area contributed by atoms with Crippen molar-refractivity contribution in [2.45, 2.75) is 82.9 Å². The molecule has 1 aliphatic heterocycles. The number of hydrogen-bond donors (Lipinski definition) is 0. The summed E-state index contributed by atoms with van der Waals surface area (Å²) in [6.07, 6.45) is 8.04. The number of carbonyl (C=O) groups is 1. The van der Waals surface area contributed by atoms with E-state index in [-0.39, 0.29) is 25.0 Å². The van der Waals surface area contributed by atoms with Gasteiger partial charge in [0.05, 0.1) is 23.6 Å². The van der Waals surface area contributed by atoms with E-state index < -0.39 is 5.60 Å². The molecule has 1 amide bonds. The second-order valence-corrected chi connectivity index (χ2v) is 12.5. The van der Waals surface area contributed by atoms with Crippen LogP contribution in [0.5, 0.6) is 5.75 Å². The van der Waals surface area contributed by atoms with Gasteiger partial charge in [-0.2, -0.15) is 10.2 Å². The predicted molar refractivity (Wildman–Crippen MR) is 159 cm³/mol. The SMILES string of the molecule is COCOc1cc(-c2cnnc(C3CC3)c2)ccc1-c1ccc(N2CC[C@@H](N(C(=O)OC(C)(C)C)C3CCC3)C2)nn1. The highest BCUT2D eigenvalue weighted by atomic mass is 16.7. The minimum atomic E-state index is -0.516. The Labute approximate surface area is 247 Å². The number of ether oxygens (including phenoxy) is 3. The number of nitrogens with zero attached hydrogens (tertiary/aromatic N) is 6. The minimum Gasteiger partial charge on any atom is -0.467 e. The summed E-state index contributed by atoms with van der Waals surface area (Å²) in [6.45, 7) is 7.40. The number of benzene rings is 1. The van der Waals surface area contributed by atoms with Crippen molar-refractivity contribution in [2.24, 2.45) is 0 Å². The number of rotatable bonds is 9. The zero-order valence-corrected chi connectivity index (χ0v) is 25.0. The van der Waals surface area contributed by atoms with Gasteiger partial charge in [-0.1, -0.05) is 6.07 Å². The van der Waals surface area contributed by atoms with Crippen LogP contribution in [0.1, 0.15) is 70.9 Å². The summed E-state index contributed by atoms with van der Waals surface area (Å²) < 4.78 is 17.0. The molecule has 42 heavy (non-hydrogen) atoms. The Balaban J connectivity index is 1.18. The van der Waals surface area contributed by atoms with E-state index in [1.54, 1.807) is 13.3 Å². The molecule has 222 valence electrons. The van der Waals surface area contributed by atoms with E-state index in [0.29, 0.717) is 23.9 Å². The Morgan fingerprint density at radius 1 is 0.976 bits per heavy atom. The molecular weight excluding hydrogens is 532 g/mol. The number of anilines is 1. The number of hydrogen-bond acceptors (Lipinski definition) is 9.